The number of thiophene rings is 1. The molecule has 1 aliphatic carbocycles. The Balaban J connectivity index is 1.21. The molecule has 0 atom stereocenters. The first kappa shape index (κ1) is 21.1. The number of H-pyrrole nitrogens is 1. The Kier molecular flexibility index (Phi) is 5.63. The molecule has 0 spiro atoms. The van der Waals surface area contributed by atoms with E-state index in [9.17, 15) is 0 Å². The Morgan fingerprint density at radius 3 is 2.79 bits per heavy atom. The van der Waals surface area contributed by atoms with E-state index in [1.165, 1.54) is 18.5 Å². The Bertz CT molecular complexity index is 1240. The van der Waals surface area contributed by atoms with E-state index in [0.717, 1.165) is 54.1 Å². The van der Waals surface area contributed by atoms with Gasteiger partial charge in [-0.15, -0.1) is 11.3 Å². The van der Waals surface area contributed by atoms with Gasteiger partial charge >= 0.3 is 0 Å². The van der Waals surface area contributed by atoms with Gasteiger partial charge in [0.2, 0.25) is 5.95 Å². The summed E-state index contributed by atoms with van der Waals surface area (Å²) in [5, 5.41) is 20.4. The van der Waals surface area contributed by atoms with Crippen LogP contribution in [0.15, 0.2) is 40.2 Å². The van der Waals surface area contributed by atoms with Gasteiger partial charge in [-0.25, -0.2) is 0 Å². The van der Waals surface area contributed by atoms with Crippen LogP contribution in [0.2, 0.25) is 0 Å². The smallest absolute Gasteiger partial charge is 0.227 e. The highest BCUT2D eigenvalue weighted by Gasteiger charge is 2.25. The first-order chi connectivity index (χ1) is 16.7. The van der Waals surface area contributed by atoms with E-state index in [4.69, 9.17) is 14.5 Å². The van der Waals surface area contributed by atoms with Gasteiger partial charge in [-0.2, -0.15) is 15.1 Å². The van der Waals surface area contributed by atoms with Crippen molar-refractivity contribution in [3.8, 4) is 10.6 Å². The molecule has 176 valence electrons. The lowest BCUT2D eigenvalue weighted by Gasteiger charge is -2.33. The lowest BCUT2D eigenvalue weighted by Crippen LogP contribution is -2.44. The second-order valence-electron chi connectivity index (χ2n) is 8.84. The Morgan fingerprint density at radius 1 is 1.12 bits per heavy atom. The molecule has 0 amide bonds. The maximum absolute atomic E-state index is 5.52. The number of nitrogens with one attached hydrogen (secondary N) is 3. The fourth-order valence-corrected chi connectivity index (χ4v) is 4.69. The van der Waals surface area contributed by atoms with Crippen molar-refractivity contribution in [2.75, 3.05) is 48.8 Å². The third-order valence-electron chi connectivity index (χ3n) is 6.16. The van der Waals surface area contributed by atoms with E-state index < -0.39 is 0 Å². The predicted molar refractivity (Wildman–Crippen MR) is 133 cm³/mol. The molecule has 2 aliphatic rings. The second-order valence-corrected chi connectivity index (χ2v) is 9.79. The van der Waals surface area contributed by atoms with E-state index in [-0.39, 0.29) is 0 Å². The highest BCUT2D eigenvalue weighted by Crippen LogP contribution is 2.39. The molecular formula is C23H27N9OS. The largest absolute Gasteiger partial charge is 0.359 e. The van der Waals surface area contributed by atoms with Gasteiger partial charge in [0.25, 0.3) is 0 Å². The van der Waals surface area contributed by atoms with Crippen LogP contribution in [0.25, 0.3) is 10.6 Å². The number of hydrogen-bond donors (Lipinski definition) is 3. The van der Waals surface area contributed by atoms with E-state index in [1.807, 2.05) is 29.6 Å². The van der Waals surface area contributed by atoms with Gasteiger partial charge in [0.15, 0.2) is 11.6 Å². The molecule has 4 aromatic heterocycles. The van der Waals surface area contributed by atoms with Crippen molar-refractivity contribution in [3.63, 3.8) is 0 Å². The van der Waals surface area contributed by atoms with Crippen LogP contribution in [0.1, 0.15) is 30.2 Å². The van der Waals surface area contributed by atoms with Crippen LogP contribution < -0.4 is 15.5 Å². The van der Waals surface area contributed by atoms with Crippen LogP contribution in [0.3, 0.4) is 0 Å². The van der Waals surface area contributed by atoms with Crippen LogP contribution in [-0.4, -0.2) is 63.4 Å². The summed E-state index contributed by atoms with van der Waals surface area (Å²) in [6.45, 7) is 4.30. The van der Waals surface area contributed by atoms with Crippen molar-refractivity contribution in [3.05, 3.63) is 47.2 Å². The Hall–Kier alpha value is -3.44. The molecule has 4 aromatic rings. The van der Waals surface area contributed by atoms with Crippen LogP contribution in [0.4, 0.5) is 23.4 Å². The van der Waals surface area contributed by atoms with Gasteiger partial charge < -0.3 is 25.0 Å². The fraction of sp³-hybridized carbons (Fsp3) is 0.391. The number of likely N-dealkylation sites (N-methyl/N-ethyl adjacent to an activating group) is 1. The molecule has 1 saturated heterocycles. The van der Waals surface area contributed by atoms with Crippen LogP contribution in [0, 0.1) is 0 Å². The van der Waals surface area contributed by atoms with E-state index in [2.05, 4.69) is 48.9 Å². The number of aromatic nitrogens is 5. The SMILES string of the molecule is CN1CCN(c2cc(Nc3cc(C4CC4)[nH]n3)nc(NCc3cc(-c4cccs4)no3)n2)CC1. The van der Waals surface area contributed by atoms with Crippen molar-refractivity contribution in [2.24, 2.45) is 0 Å². The standard InChI is InChI=1S/C23H27N9OS/c1-31-6-8-32(9-7-31)22-13-20(25-21-12-17(28-29-21)15-4-5-15)26-23(27-22)24-14-16-11-18(30-33-16)19-3-2-10-34-19/h2-3,10-13,15H,4-9,14H2,1H3,(H3,24,25,26,27,28,29). The molecular weight excluding hydrogens is 450 g/mol. The van der Waals surface area contributed by atoms with Gasteiger partial charge in [-0.1, -0.05) is 11.2 Å². The summed E-state index contributed by atoms with van der Waals surface area (Å²) in [7, 11) is 2.15. The quantitative estimate of drug-likeness (QED) is 0.348. The number of nitrogens with zero attached hydrogens (tertiary/aromatic N) is 6. The zero-order valence-corrected chi connectivity index (χ0v) is 19.8. The molecule has 1 saturated carbocycles. The first-order valence-electron chi connectivity index (χ1n) is 11.6. The number of piperazine rings is 1. The summed E-state index contributed by atoms with van der Waals surface area (Å²) in [4.78, 5) is 15.2. The summed E-state index contributed by atoms with van der Waals surface area (Å²) in [5.41, 5.74) is 2.02. The van der Waals surface area contributed by atoms with Crippen molar-refractivity contribution in [1.82, 2.24) is 30.2 Å². The number of rotatable bonds is 8. The molecule has 11 heteroatoms. The predicted octanol–water partition coefficient (Wildman–Crippen LogP) is 3.90. The summed E-state index contributed by atoms with van der Waals surface area (Å²) in [6.07, 6.45) is 2.46. The van der Waals surface area contributed by atoms with Gasteiger partial charge in [-0.05, 0) is 31.3 Å². The number of aromatic amines is 1. The van der Waals surface area contributed by atoms with E-state index >= 15 is 0 Å². The van der Waals surface area contributed by atoms with E-state index in [0.29, 0.717) is 24.2 Å². The third kappa shape index (κ3) is 4.75. The van der Waals surface area contributed by atoms with Gasteiger partial charge in [0.05, 0.1) is 11.4 Å². The molecule has 2 fully saturated rings. The highest BCUT2D eigenvalue weighted by atomic mass is 32.1. The van der Waals surface area contributed by atoms with Crippen LogP contribution >= 0.6 is 11.3 Å². The highest BCUT2D eigenvalue weighted by molar-refractivity contribution is 7.13. The first-order valence-corrected chi connectivity index (χ1v) is 12.5. The molecule has 0 aromatic carbocycles. The van der Waals surface area contributed by atoms with Crippen molar-refractivity contribution < 1.29 is 4.52 Å². The molecule has 6 rings (SSSR count). The van der Waals surface area contributed by atoms with Crippen molar-refractivity contribution in [2.45, 2.75) is 25.3 Å². The van der Waals surface area contributed by atoms with Gasteiger partial charge in [-0.3, -0.25) is 5.10 Å². The molecule has 3 N–H and O–H groups in total. The molecule has 0 bridgehead atoms. The minimum absolute atomic E-state index is 0.443. The number of anilines is 4. The molecule has 10 nitrogen and oxygen atoms in total. The Labute approximate surface area is 201 Å². The summed E-state index contributed by atoms with van der Waals surface area (Å²) < 4.78 is 5.52. The summed E-state index contributed by atoms with van der Waals surface area (Å²) in [6, 6.07) is 10.1. The lowest BCUT2D eigenvalue weighted by molar-refractivity contribution is 0.312. The van der Waals surface area contributed by atoms with Crippen LogP contribution in [0.5, 0.6) is 0 Å². The third-order valence-corrected chi connectivity index (χ3v) is 7.06. The fourth-order valence-electron chi connectivity index (χ4n) is 4.01. The molecule has 0 radical (unpaired) electrons. The second kappa shape index (κ2) is 9.07. The molecule has 1 aliphatic heterocycles. The van der Waals surface area contributed by atoms with Gasteiger partial charge in [0, 0.05) is 56.0 Å². The van der Waals surface area contributed by atoms with Gasteiger partial charge in [0.1, 0.15) is 17.3 Å². The average molecular weight is 478 g/mol. The maximum Gasteiger partial charge on any atom is 0.227 e. The Morgan fingerprint density at radius 2 is 2.00 bits per heavy atom. The monoisotopic (exact) mass is 477 g/mol. The maximum atomic E-state index is 5.52. The topological polar surface area (TPSA) is 111 Å². The summed E-state index contributed by atoms with van der Waals surface area (Å²) in [5.74, 6) is 4.25. The van der Waals surface area contributed by atoms with Crippen molar-refractivity contribution >= 4 is 34.7 Å². The lowest BCUT2D eigenvalue weighted by atomic mass is 10.3. The van der Waals surface area contributed by atoms with Crippen LogP contribution in [-0.2, 0) is 6.54 Å². The van der Waals surface area contributed by atoms with Crippen molar-refractivity contribution in [1.29, 1.82) is 0 Å². The number of hydrogen-bond acceptors (Lipinski definition) is 10. The molecule has 0 unspecified atom stereocenters. The summed E-state index contributed by atoms with van der Waals surface area (Å²) >= 11 is 1.64. The average Bonchev–Trinajstić information content (AvgIpc) is 3.22. The molecule has 5 heterocycles. The minimum Gasteiger partial charge on any atom is -0.359 e. The van der Waals surface area contributed by atoms with E-state index in [1.54, 1.807) is 11.3 Å². The molecule has 34 heavy (non-hydrogen) atoms. The minimum atomic E-state index is 0.443. The zero-order valence-electron chi connectivity index (χ0n) is 19.0. The zero-order chi connectivity index (χ0) is 22.9. The normalized spacial score (nSPS) is 16.7.